The van der Waals surface area contributed by atoms with Gasteiger partial charge in [0.2, 0.25) is 5.43 Å². The van der Waals surface area contributed by atoms with Gasteiger partial charge in [0, 0.05) is 13.2 Å². The third-order valence-corrected chi connectivity index (χ3v) is 3.40. The molecule has 4 nitrogen and oxygen atoms in total. The number of fused-ring (bicyclic) bond motifs is 3. The monoisotopic (exact) mass is 231 g/mol. The first kappa shape index (κ1) is 9.47. The van der Waals surface area contributed by atoms with E-state index < -0.39 is 0 Å². The lowest BCUT2D eigenvalue weighted by molar-refractivity contribution is 0.779. The maximum atomic E-state index is 11.8. The van der Waals surface area contributed by atoms with Crippen LogP contribution in [0.3, 0.4) is 0 Å². The van der Waals surface area contributed by atoms with Gasteiger partial charge in [-0.2, -0.15) is 5.10 Å². The fourth-order valence-corrected chi connectivity index (χ4v) is 2.67. The summed E-state index contributed by atoms with van der Waals surface area (Å²) in [6.45, 7) is 1.96. The highest BCUT2D eigenvalue weighted by Crippen LogP contribution is 2.25. The van der Waals surface area contributed by atoms with Crippen molar-refractivity contribution in [3.8, 4) is 0 Å². The standard InChI is InChI=1S/C11H9N3OS/c1-6-12-11-7-5-14(2)13-10(7)8(15)3-4-9(11)16-6/h3-5H,1-2H3. The number of aryl methyl sites for hydroxylation is 2. The molecule has 0 radical (unpaired) electrons. The van der Waals surface area contributed by atoms with Gasteiger partial charge in [-0.25, -0.2) is 4.98 Å². The Bertz CT molecular complexity index is 757. The molecule has 16 heavy (non-hydrogen) atoms. The van der Waals surface area contributed by atoms with E-state index in [1.165, 1.54) is 0 Å². The summed E-state index contributed by atoms with van der Waals surface area (Å²) in [5, 5.41) is 6.01. The quantitative estimate of drug-likeness (QED) is 0.593. The zero-order valence-electron chi connectivity index (χ0n) is 8.89. The molecule has 0 unspecified atom stereocenters. The predicted octanol–water partition coefficient (Wildman–Crippen LogP) is 1.85. The Hall–Kier alpha value is -1.75. The van der Waals surface area contributed by atoms with Crippen LogP contribution in [0, 0.1) is 6.92 Å². The summed E-state index contributed by atoms with van der Waals surface area (Å²) in [6.07, 6.45) is 1.85. The summed E-state index contributed by atoms with van der Waals surface area (Å²) in [5.74, 6) is 0. The van der Waals surface area contributed by atoms with Crippen molar-refractivity contribution in [1.29, 1.82) is 0 Å². The van der Waals surface area contributed by atoms with E-state index in [9.17, 15) is 4.79 Å². The summed E-state index contributed by atoms with van der Waals surface area (Å²) in [5.41, 5.74) is 1.30. The Morgan fingerprint density at radius 1 is 1.31 bits per heavy atom. The smallest absolute Gasteiger partial charge is 0.206 e. The lowest BCUT2D eigenvalue weighted by Crippen LogP contribution is -1.96. The van der Waals surface area contributed by atoms with Gasteiger partial charge in [0.1, 0.15) is 5.52 Å². The van der Waals surface area contributed by atoms with E-state index in [2.05, 4.69) is 10.1 Å². The first-order valence-electron chi connectivity index (χ1n) is 4.89. The van der Waals surface area contributed by atoms with Gasteiger partial charge in [0.25, 0.3) is 0 Å². The van der Waals surface area contributed by atoms with Crippen molar-refractivity contribution in [1.82, 2.24) is 14.8 Å². The van der Waals surface area contributed by atoms with Crippen molar-refractivity contribution in [2.75, 3.05) is 0 Å². The molecular weight excluding hydrogens is 222 g/mol. The number of thiazole rings is 1. The van der Waals surface area contributed by atoms with Crippen molar-refractivity contribution in [3.63, 3.8) is 0 Å². The molecule has 0 aliphatic heterocycles. The maximum Gasteiger partial charge on any atom is 0.206 e. The molecule has 0 aliphatic carbocycles. The highest BCUT2D eigenvalue weighted by atomic mass is 32.1. The third-order valence-electron chi connectivity index (χ3n) is 2.46. The molecular formula is C11H9N3OS. The van der Waals surface area contributed by atoms with Gasteiger partial charge in [-0.05, 0) is 19.1 Å². The highest BCUT2D eigenvalue weighted by Gasteiger charge is 2.08. The summed E-state index contributed by atoms with van der Waals surface area (Å²) in [7, 11) is 1.81. The van der Waals surface area contributed by atoms with Crippen molar-refractivity contribution in [3.05, 3.63) is 33.6 Å². The molecule has 0 aliphatic rings. The normalized spacial score (nSPS) is 11.4. The van der Waals surface area contributed by atoms with Gasteiger partial charge in [0.05, 0.1) is 20.6 Å². The number of nitrogens with zero attached hydrogens (tertiary/aromatic N) is 3. The van der Waals surface area contributed by atoms with Gasteiger partial charge in [-0.15, -0.1) is 11.3 Å². The maximum absolute atomic E-state index is 11.8. The van der Waals surface area contributed by atoms with E-state index >= 15 is 0 Å². The van der Waals surface area contributed by atoms with Gasteiger partial charge in [0.15, 0.2) is 0 Å². The molecule has 5 heteroatoms. The fraction of sp³-hybridized carbons (Fsp3) is 0.182. The Morgan fingerprint density at radius 2 is 2.12 bits per heavy atom. The van der Waals surface area contributed by atoms with Crippen molar-refractivity contribution in [2.45, 2.75) is 6.92 Å². The number of rotatable bonds is 0. The van der Waals surface area contributed by atoms with Crippen LogP contribution >= 0.6 is 11.3 Å². The molecule has 0 saturated carbocycles. The lowest BCUT2D eigenvalue weighted by atomic mass is 10.3. The van der Waals surface area contributed by atoms with E-state index in [0.29, 0.717) is 5.52 Å². The minimum absolute atomic E-state index is 0.0570. The number of hydrogen-bond acceptors (Lipinski definition) is 4. The van der Waals surface area contributed by atoms with Crippen molar-refractivity contribution >= 4 is 32.5 Å². The van der Waals surface area contributed by atoms with Crippen molar-refractivity contribution < 1.29 is 0 Å². The van der Waals surface area contributed by atoms with E-state index in [1.54, 1.807) is 22.1 Å². The molecule has 1 aromatic carbocycles. The van der Waals surface area contributed by atoms with E-state index in [0.717, 1.165) is 20.6 Å². The van der Waals surface area contributed by atoms with Gasteiger partial charge < -0.3 is 0 Å². The fourth-order valence-electron chi connectivity index (χ4n) is 1.82. The lowest BCUT2D eigenvalue weighted by Gasteiger charge is -1.80. The van der Waals surface area contributed by atoms with Crippen LogP contribution in [0.1, 0.15) is 5.01 Å². The molecule has 0 fully saturated rings. The molecule has 0 bridgehead atoms. The average molecular weight is 231 g/mol. The zero-order valence-corrected chi connectivity index (χ0v) is 9.71. The Labute approximate surface area is 95.2 Å². The van der Waals surface area contributed by atoms with Crippen LogP contribution in [-0.2, 0) is 7.05 Å². The second-order valence-electron chi connectivity index (χ2n) is 3.71. The minimum Gasteiger partial charge on any atom is -0.287 e. The third kappa shape index (κ3) is 1.25. The second kappa shape index (κ2) is 3.12. The summed E-state index contributed by atoms with van der Waals surface area (Å²) >= 11 is 1.59. The first-order valence-corrected chi connectivity index (χ1v) is 5.70. The van der Waals surface area contributed by atoms with Crippen LogP contribution in [0.4, 0.5) is 0 Å². The zero-order chi connectivity index (χ0) is 11.3. The topological polar surface area (TPSA) is 47.8 Å². The molecule has 2 aromatic heterocycles. The van der Waals surface area contributed by atoms with Crippen LogP contribution < -0.4 is 5.43 Å². The van der Waals surface area contributed by atoms with E-state index in [-0.39, 0.29) is 5.43 Å². The Morgan fingerprint density at radius 3 is 2.94 bits per heavy atom. The van der Waals surface area contributed by atoms with Crippen molar-refractivity contribution in [2.24, 2.45) is 7.05 Å². The van der Waals surface area contributed by atoms with Gasteiger partial charge in [-0.3, -0.25) is 9.48 Å². The first-order chi connectivity index (χ1) is 7.65. The minimum atomic E-state index is -0.0570. The predicted molar refractivity (Wildman–Crippen MR) is 64.9 cm³/mol. The van der Waals surface area contributed by atoms with Crippen LogP contribution in [0.15, 0.2) is 23.1 Å². The molecule has 0 saturated heterocycles. The summed E-state index contributed by atoms with van der Waals surface area (Å²) in [4.78, 5) is 16.2. The molecule has 0 atom stereocenters. The van der Waals surface area contributed by atoms with E-state index in [1.807, 2.05) is 26.2 Å². The molecule has 80 valence electrons. The Kier molecular flexibility index (Phi) is 1.85. The van der Waals surface area contributed by atoms with Crippen LogP contribution in [0.5, 0.6) is 0 Å². The SMILES string of the molecule is Cc1nc2c(ccc(=O)c3nn(C)cc32)s1. The number of aromatic nitrogens is 3. The van der Waals surface area contributed by atoms with Crippen LogP contribution in [0.25, 0.3) is 21.1 Å². The van der Waals surface area contributed by atoms with Crippen LogP contribution in [-0.4, -0.2) is 14.8 Å². The average Bonchev–Trinajstić information content (AvgIpc) is 2.75. The summed E-state index contributed by atoms with van der Waals surface area (Å²) < 4.78 is 2.68. The van der Waals surface area contributed by atoms with Gasteiger partial charge >= 0.3 is 0 Å². The largest absolute Gasteiger partial charge is 0.287 e. The molecule has 0 N–H and O–H groups in total. The molecule has 3 aromatic rings. The molecule has 0 spiro atoms. The van der Waals surface area contributed by atoms with E-state index in [4.69, 9.17) is 0 Å². The highest BCUT2D eigenvalue weighted by molar-refractivity contribution is 7.18. The summed E-state index contributed by atoms with van der Waals surface area (Å²) in [6, 6.07) is 3.39. The molecule has 2 heterocycles. The molecule has 3 rings (SSSR count). The Balaban J connectivity index is 2.69. The van der Waals surface area contributed by atoms with Gasteiger partial charge in [-0.1, -0.05) is 0 Å². The number of hydrogen-bond donors (Lipinski definition) is 0. The van der Waals surface area contributed by atoms with Crippen LogP contribution in [0.2, 0.25) is 0 Å². The second-order valence-corrected chi connectivity index (χ2v) is 4.94. The molecule has 0 amide bonds.